The molecular weight excluding hydrogens is 324 g/mol. The first kappa shape index (κ1) is 17.4. The van der Waals surface area contributed by atoms with E-state index in [1.165, 1.54) is 12.8 Å². The van der Waals surface area contributed by atoms with Crippen molar-refractivity contribution in [3.63, 3.8) is 0 Å². The molecule has 0 aromatic carbocycles. The van der Waals surface area contributed by atoms with Gasteiger partial charge in [-0.1, -0.05) is 12.8 Å². The molecule has 1 saturated carbocycles. The standard InChI is InChI=1S/C21H28N4O/c1-15-16(2)23-18(17-7-11-22-12-8-17)24-19(15)25-13-20(3,4)26-21(14-25)9-5-6-10-21/h7-8,11-12H,5-6,9-10,13-14H2,1-4H3. The van der Waals surface area contributed by atoms with Gasteiger partial charge in [-0.05, 0) is 52.7 Å². The molecule has 0 unspecified atom stereocenters. The van der Waals surface area contributed by atoms with Gasteiger partial charge in [0.25, 0.3) is 0 Å². The highest BCUT2D eigenvalue weighted by molar-refractivity contribution is 5.60. The third-order valence-electron chi connectivity index (χ3n) is 5.66. The Balaban J connectivity index is 1.75. The number of pyridine rings is 1. The summed E-state index contributed by atoms with van der Waals surface area (Å²) in [6.45, 7) is 10.4. The predicted molar refractivity (Wildman–Crippen MR) is 103 cm³/mol. The van der Waals surface area contributed by atoms with Gasteiger partial charge < -0.3 is 9.64 Å². The molecule has 5 nitrogen and oxygen atoms in total. The van der Waals surface area contributed by atoms with E-state index in [2.05, 4.69) is 37.6 Å². The fourth-order valence-corrected chi connectivity index (χ4v) is 4.49. The highest BCUT2D eigenvalue weighted by Gasteiger charge is 2.46. The Labute approximate surface area is 155 Å². The van der Waals surface area contributed by atoms with E-state index in [-0.39, 0.29) is 11.2 Å². The van der Waals surface area contributed by atoms with Crippen molar-refractivity contribution in [1.82, 2.24) is 15.0 Å². The molecule has 0 atom stereocenters. The summed E-state index contributed by atoms with van der Waals surface area (Å²) in [7, 11) is 0. The summed E-state index contributed by atoms with van der Waals surface area (Å²) in [6, 6.07) is 3.94. The van der Waals surface area contributed by atoms with Gasteiger partial charge in [-0.15, -0.1) is 0 Å². The third-order valence-corrected chi connectivity index (χ3v) is 5.66. The van der Waals surface area contributed by atoms with Crippen LogP contribution in [0.4, 0.5) is 5.82 Å². The number of aryl methyl sites for hydroxylation is 1. The van der Waals surface area contributed by atoms with Crippen molar-refractivity contribution < 1.29 is 4.74 Å². The largest absolute Gasteiger partial charge is 0.365 e. The van der Waals surface area contributed by atoms with Gasteiger partial charge in [0.15, 0.2) is 5.82 Å². The Bertz CT molecular complexity index is 797. The minimum absolute atomic E-state index is 0.0239. The fourth-order valence-electron chi connectivity index (χ4n) is 4.49. The second-order valence-electron chi connectivity index (χ2n) is 8.43. The molecule has 3 heterocycles. The molecule has 4 rings (SSSR count). The van der Waals surface area contributed by atoms with Crippen LogP contribution in [0.2, 0.25) is 0 Å². The Hall–Kier alpha value is -2.01. The summed E-state index contributed by atoms with van der Waals surface area (Å²) in [5.74, 6) is 1.82. The van der Waals surface area contributed by atoms with Crippen molar-refractivity contribution in [3.8, 4) is 11.4 Å². The monoisotopic (exact) mass is 352 g/mol. The van der Waals surface area contributed by atoms with Gasteiger partial charge >= 0.3 is 0 Å². The smallest absolute Gasteiger partial charge is 0.161 e. The lowest BCUT2D eigenvalue weighted by Crippen LogP contribution is -2.59. The zero-order chi connectivity index (χ0) is 18.4. The van der Waals surface area contributed by atoms with Crippen LogP contribution in [0, 0.1) is 13.8 Å². The van der Waals surface area contributed by atoms with Crippen molar-refractivity contribution in [2.45, 2.75) is 64.6 Å². The number of hydrogen-bond donors (Lipinski definition) is 0. The maximum absolute atomic E-state index is 6.57. The van der Waals surface area contributed by atoms with E-state index in [4.69, 9.17) is 14.7 Å². The normalized spacial score (nSPS) is 21.3. The second kappa shape index (κ2) is 6.31. The number of morpholine rings is 1. The molecule has 0 amide bonds. The van der Waals surface area contributed by atoms with Crippen molar-refractivity contribution in [2.75, 3.05) is 18.0 Å². The Kier molecular flexibility index (Phi) is 4.22. The minimum Gasteiger partial charge on any atom is -0.365 e. The first-order valence-electron chi connectivity index (χ1n) is 9.58. The van der Waals surface area contributed by atoms with Gasteiger partial charge in [-0.2, -0.15) is 0 Å². The quantitative estimate of drug-likeness (QED) is 0.815. The number of aromatic nitrogens is 3. The summed E-state index contributed by atoms with van der Waals surface area (Å²) in [4.78, 5) is 16.2. The summed E-state index contributed by atoms with van der Waals surface area (Å²) >= 11 is 0. The molecule has 1 aliphatic heterocycles. The molecule has 5 heteroatoms. The van der Waals surface area contributed by atoms with Gasteiger partial charge in [0.05, 0.1) is 11.2 Å². The van der Waals surface area contributed by atoms with E-state index in [0.717, 1.165) is 54.4 Å². The van der Waals surface area contributed by atoms with Crippen LogP contribution >= 0.6 is 0 Å². The number of nitrogens with zero attached hydrogens (tertiary/aromatic N) is 4. The summed E-state index contributed by atoms with van der Waals surface area (Å²) < 4.78 is 6.57. The highest BCUT2D eigenvalue weighted by atomic mass is 16.5. The van der Waals surface area contributed by atoms with Gasteiger partial charge in [0.1, 0.15) is 5.82 Å². The van der Waals surface area contributed by atoms with E-state index in [0.29, 0.717) is 0 Å². The molecule has 2 aliphatic rings. The minimum atomic E-state index is -0.176. The average molecular weight is 352 g/mol. The van der Waals surface area contributed by atoms with Crippen LogP contribution in [0.25, 0.3) is 11.4 Å². The van der Waals surface area contributed by atoms with E-state index in [9.17, 15) is 0 Å². The molecule has 0 radical (unpaired) electrons. The molecule has 26 heavy (non-hydrogen) atoms. The lowest BCUT2D eigenvalue weighted by atomic mass is 9.94. The molecule has 1 aliphatic carbocycles. The first-order valence-corrected chi connectivity index (χ1v) is 9.58. The fraction of sp³-hybridized carbons (Fsp3) is 0.571. The summed E-state index contributed by atoms with van der Waals surface area (Å²) in [5.41, 5.74) is 3.00. The van der Waals surface area contributed by atoms with Gasteiger partial charge in [-0.3, -0.25) is 4.98 Å². The van der Waals surface area contributed by atoms with Crippen molar-refractivity contribution in [1.29, 1.82) is 0 Å². The average Bonchev–Trinajstić information content (AvgIpc) is 3.03. The van der Waals surface area contributed by atoms with Crippen molar-refractivity contribution in [3.05, 3.63) is 35.8 Å². The maximum atomic E-state index is 6.57. The van der Waals surface area contributed by atoms with Crippen LogP contribution in [0.1, 0.15) is 50.8 Å². The lowest BCUT2D eigenvalue weighted by Gasteiger charge is -2.49. The Morgan fingerprint density at radius 1 is 1.00 bits per heavy atom. The van der Waals surface area contributed by atoms with Crippen LogP contribution in [0.5, 0.6) is 0 Å². The molecule has 1 spiro atoms. The molecule has 2 aromatic heterocycles. The van der Waals surface area contributed by atoms with Crippen LogP contribution in [-0.4, -0.2) is 39.2 Å². The Morgan fingerprint density at radius 3 is 2.38 bits per heavy atom. The lowest BCUT2D eigenvalue weighted by molar-refractivity contribution is -0.148. The topological polar surface area (TPSA) is 51.1 Å². The molecule has 2 fully saturated rings. The third kappa shape index (κ3) is 3.20. The SMILES string of the molecule is Cc1nc(-c2ccncc2)nc(N2CC(C)(C)OC3(CCCC3)C2)c1C. The Morgan fingerprint density at radius 2 is 1.69 bits per heavy atom. The van der Waals surface area contributed by atoms with Gasteiger partial charge in [-0.25, -0.2) is 9.97 Å². The van der Waals surface area contributed by atoms with Gasteiger partial charge in [0.2, 0.25) is 0 Å². The van der Waals surface area contributed by atoms with Gasteiger partial charge in [0, 0.05) is 42.3 Å². The number of rotatable bonds is 2. The molecule has 1 saturated heterocycles. The molecule has 0 bridgehead atoms. The maximum Gasteiger partial charge on any atom is 0.161 e. The van der Waals surface area contributed by atoms with Crippen LogP contribution in [0.15, 0.2) is 24.5 Å². The summed E-state index contributed by atoms with van der Waals surface area (Å²) in [6.07, 6.45) is 8.39. The second-order valence-corrected chi connectivity index (χ2v) is 8.43. The van der Waals surface area contributed by atoms with E-state index >= 15 is 0 Å². The van der Waals surface area contributed by atoms with E-state index < -0.39 is 0 Å². The van der Waals surface area contributed by atoms with E-state index in [1.807, 2.05) is 12.1 Å². The van der Waals surface area contributed by atoms with Crippen LogP contribution < -0.4 is 4.90 Å². The molecule has 138 valence electrons. The van der Waals surface area contributed by atoms with Crippen LogP contribution in [-0.2, 0) is 4.74 Å². The molecule has 2 aromatic rings. The number of hydrogen-bond acceptors (Lipinski definition) is 5. The number of ether oxygens (including phenoxy) is 1. The zero-order valence-electron chi connectivity index (χ0n) is 16.2. The molecular formula is C21H28N4O. The predicted octanol–water partition coefficient (Wildman–Crippen LogP) is 4.08. The zero-order valence-corrected chi connectivity index (χ0v) is 16.2. The highest BCUT2D eigenvalue weighted by Crippen LogP contribution is 2.42. The van der Waals surface area contributed by atoms with Crippen LogP contribution in [0.3, 0.4) is 0 Å². The summed E-state index contributed by atoms with van der Waals surface area (Å²) in [5, 5.41) is 0. The van der Waals surface area contributed by atoms with Crippen molar-refractivity contribution in [2.24, 2.45) is 0 Å². The number of anilines is 1. The van der Waals surface area contributed by atoms with E-state index in [1.54, 1.807) is 12.4 Å². The van der Waals surface area contributed by atoms with Crippen molar-refractivity contribution >= 4 is 5.82 Å². The first-order chi connectivity index (χ1) is 12.4. The molecule has 0 N–H and O–H groups in total.